The Balaban J connectivity index is 0.000000184. The maximum atomic E-state index is 6.73. The molecule has 0 aliphatic heterocycles. The minimum absolute atomic E-state index is 0. The molecular weight excluding hydrogens is 995 g/mol. The van der Waals surface area contributed by atoms with Crippen molar-refractivity contribution in [3.63, 3.8) is 0 Å². The molecule has 0 saturated heterocycles. The minimum Gasteiger partial charge on any atom is -0.500 e. The first-order valence-corrected chi connectivity index (χ1v) is 28.9. The summed E-state index contributed by atoms with van der Waals surface area (Å²) in [6.07, 6.45) is 10.5. The molecule has 4 nitrogen and oxygen atoms in total. The zero-order chi connectivity index (χ0) is 41.9. The molecule has 0 N–H and O–H groups in total. The first kappa shape index (κ1) is 43.2. The van der Waals surface area contributed by atoms with E-state index in [9.17, 15) is 0 Å². The van der Waals surface area contributed by atoms with Crippen LogP contribution in [0.25, 0.3) is 77.8 Å². The topological polar surface area (TPSA) is 51.8 Å². The number of aromatic nitrogens is 3. The van der Waals surface area contributed by atoms with Crippen LogP contribution in [0.15, 0.2) is 156 Å². The summed E-state index contributed by atoms with van der Waals surface area (Å²) in [6.45, 7) is 4.06. The molecule has 10 rings (SSSR count). The Kier molecular flexibility index (Phi) is 13.2. The van der Waals surface area contributed by atoms with Crippen LogP contribution in [0.5, 0.6) is 0 Å². The number of aryl methyl sites for hydroxylation is 2. The van der Waals surface area contributed by atoms with Crippen molar-refractivity contribution in [1.29, 1.82) is 0 Å². The molecule has 0 atom stereocenters. The Morgan fingerprint density at radius 1 is 0.597 bits per heavy atom. The van der Waals surface area contributed by atoms with E-state index in [1.165, 1.54) is 58.8 Å². The fourth-order valence-electron chi connectivity index (χ4n) is 8.70. The molecule has 1 radical (unpaired) electrons. The van der Waals surface area contributed by atoms with E-state index >= 15 is 0 Å². The maximum absolute atomic E-state index is 6.73. The molecule has 0 unspecified atom stereocenters. The standard InChI is InChI=1S/C35H28NO.C21H23GeN2.Ir/c1-4-11-24(12-5-1)27-19-20-36-33(23-27)30-18-10-17-29-32-22-28(25-13-6-2-7-14-25)21-31(35(32)37-34(29)30)26-15-8-3-9-16-26;1-15-12-19(13-16(2)24-15)17-6-8-18(9-7-17)21-11-10-20(14-23-21)22(3,4)5;/h2-3,6-10,13-17,19-24H,1,4-5,11-12H2;6-8,10-14H,1-5H3;/q2*-1;. The fourth-order valence-corrected chi connectivity index (χ4v) is 10.9. The van der Waals surface area contributed by atoms with Gasteiger partial charge >= 0.3 is 147 Å². The summed E-state index contributed by atoms with van der Waals surface area (Å²) < 4.78 is 8.16. The molecule has 1 aliphatic rings. The van der Waals surface area contributed by atoms with Gasteiger partial charge in [0.15, 0.2) is 0 Å². The molecule has 5 aromatic carbocycles. The van der Waals surface area contributed by atoms with E-state index in [0.29, 0.717) is 5.92 Å². The van der Waals surface area contributed by atoms with Crippen molar-refractivity contribution in [1.82, 2.24) is 15.0 Å². The molecular formula is C56H51GeIrN3O-2. The van der Waals surface area contributed by atoms with Crippen molar-refractivity contribution in [3.8, 4) is 55.9 Å². The molecule has 4 heterocycles. The summed E-state index contributed by atoms with van der Waals surface area (Å²) in [4.78, 5) is 13.9. The van der Waals surface area contributed by atoms with E-state index in [0.717, 1.165) is 72.5 Å². The molecule has 1 fully saturated rings. The van der Waals surface area contributed by atoms with Gasteiger partial charge in [-0.15, -0.1) is 18.2 Å². The Bertz CT molecular complexity index is 2910. The second-order valence-corrected chi connectivity index (χ2v) is 28.1. The summed E-state index contributed by atoms with van der Waals surface area (Å²) in [6, 6.07) is 55.9. The summed E-state index contributed by atoms with van der Waals surface area (Å²) >= 11 is -1.80. The van der Waals surface area contributed by atoms with E-state index in [4.69, 9.17) is 9.40 Å². The summed E-state index contributed by atoms with van der Waals surface area (Å²) in [5.41, 5.74) is 16.1. The number of pyridine rings is 3. The Morgan fingerprint density at radius 3 is 1.97 bits per heavy atom. The SMILES string of the molecule is Cc1cc(-c2c[c-]c(-c3cc[c]([Ge]([CH3])([CH3])[CH3])cn3)cc2)cc(C)n1.[Ir].[c-]1ccc2c(oc3c(-c4ccccc4)cc(-c4ccccc4)cc32)c1-c1cc(C2CCCCC2)ccn1. The van der Waals surface area contributed by atoms with Gasteiger partial charge in [-0.1, -0.05) is 103 Å². The second kappa shape index (κ2) is 18.9. The number of furan rings is 1. The molecule has 311 valence electrons. The zero-order valence-corrected chi connectivity index (χ0v) is 40.6. The minimum atomic E-state index is -1.80. The smallest absolute Gasteiger partial charge is 0.500 e. The number of fused-ring (bicyclic) bond motifs is 3. The first-order valence-electron chi connectivity index (χ1n) is 21.6. The summed E-state index contributed by atoms with van der Waals surface area (Å²) in [7, 11) is 0. The number of hydrogen-bond donors (Lipinski definition) is 0. The van der Waals surface area contributed by atoms with Gasteiger partial charge in [-0.2, -0.15) is 0 Å². The first-order chi connectivity index (χ1) is 29.7. The van der Waals surface area contributed by atoms with Gasteiger partial charge < -0.3 is 9.40 Å². The van der Waals surface area contributed by atoms with Gasteiger partial charge in [0.1, 0.15) is 5.58 Å². The number of benzene rings is 5. The zero-order valence-electron chi connectivity index (χ0n) is 36.1. The molecule has 1 aliphatic carbocycles. The predicted octanol–water partition coefficient (Wildman–Crippen LogP) is 14.6. The van der Waals surface area contributed by atoms with Gasteiger partial charge in [0.05, 0.1) is 5.58 Å². The van der Waals surface area contributed by atoms with Crippen LogP contribution in [-0.2, 0) is 20.1 Å². The van der Waals surface area contributed by atoms with Crippen LogP contribution in [0.1, 0.15) is 55.0 Å². The molecule has 4 aromatic heterocycles. The Labute approximate surface area is 382 Å². The molecule has 6 heteroatoms. The molecule has 62 heavy (non-hydrogen) atoms. The van der Waals surface area contributed by atoms with Gasteiger partial charge in [0.25, 0.3) is 0 Å². The third kappa shape index (κ3) is 9.46. The van der Waals surface area contributed by atoms with Crippen LogP contribution in [-0.4, -0.2) is 28.2 Å². The van der Waals surface area contributed by atoms with Crippen LogP contribution in [0.4, 0.5) is 0 Å². The van der Waals surface area contributed by atoms with Gasteiger partial charge in [0.2, 0.25) is 0 Å². The van der Waals surface area contributed by atoms with Crippen LogP contribution < -0.4 is 4.40 Å². The van der Waals surface area contributed by atoms with Crippen molar-refractivity contribution in [2.24, 2.45) is 0 Å². The van der Waals surface area contributed by atoms with Gasteiger partial charge in [-0.05, 0) is 59.3 Å². The van der Waals surface area contributed by atoms with Crippen molar-refractivity contribution in [3.05, 3.63) is 181 Å². The number of rotatable bonds is 7. The number of nitrogens with zero attached hydrogens (tertiary/aromatic N) is 3. The average Bonchev–Trinajstić information content (AvgIpc) is 3.68. The number of hydrogen-bond acceptors (Lipinski definition) is 4. The van der Waals surface area contributed by atoms with Crippen molar-refractivity contribution in [2.75, 3.05) is 0 Å². The molecule has 9 aromatic rings. The normalized spacial score (nSPS) is 13.0. The van der Waals surface area contributed by atoms with Crippen LogP contribution in [0.2, 0.25) is 17.3 Å². The van der Waals surface area contributed by atoms with E-state index in [1.54, 1.807) is 0 Å². The van der Waals surface area contributed by atoms with Crippen LogP contribution in [0.3, 0.4) is 0 Å². The third-order valence-corrected chi connectivity index (χ3v) is 16.2. The van der Waals surface area contributed by atoms with Crippen molar-refractivity contribution in [2.45, 2.75) is 69.1 Å². The average molecular weight is 1050 g/mol. The van der Waals surface area contributed by atoms with Crippen LogP contribution in [0, 0.1) is 26.0 Å². The summed E-state index contributed by atoms with van der Waals surface area (Å²) in [5.74, 6) is 7.78. The molecule has 0 bridgehead atoms. The van der Waals surface area contributed by atoms with Crippen molar-refractivity contribution < 1.29 is 24.5 Å². The van der Waals surface area contributed by atoms with E-state index < -0.39 is 13.3 Å². The second-order valence-electron chi connectivity index (χ2n) is 17.5. The van der Waals surface area contributed by atoms with Gasteiger partial charge in [-0.25, -0.2) is 0 Å². The third-order valence-electron chi connectivity index (χ3n) is 12.0. The van der Waals surface area contributed by atoms with Gasteiger partial charge in [-0.3, -0.25) is 0 Å². The molecule has 0 spiro atoms. The predicted molar refractivity (Wildman–Crippen MR) is 257 cm³/mol. The Morgan fingerprint density at radius 2 is 1.31 bits per heavy atom. The van der Waals surface area contributed by atoms with E-state index in [1.807, 2.05) is 38.4 Å². The van der Waals surface area contributed by atoms with Crippen LogP contribution >= 0.6 is 0 Å². The van der Waals surface area contributed by atoms with Gasteiger partial charge in [0, 0.05) is 37.3 Å². The molecule has 0 amide bonds. The molecule has 1 saturated carbocycles. The summed E-state index contributed by atoms with van der Waals surface area (Å²) in [5, 5.41) is 2.22. The fraction of sp³-hybridized carbons (Fsp3) is 0.196. The van der Waals surface area contributed by atoms with E-state index in [-0.39, 0.29) is 20.1 Å². The Hall–Kier alpha value is -5.46. The quantitative estimate of drug-likeness (QED) is 0.118. The van der Waals surface area contributed by atoms with Crippen molar-refractivity contribution >= 4 is 39.6 Å². The van der Waals surface area contributed by atoms with E-state index in [2.05, 4.69) is 167 Å². The monoisotopic (exact) mass is 1050 g/mol.